The van der Waals surface area contributed by atoms with Crippen LogP contribution < -0.4 is 10.6 Å². The highest BCUT2D eigenvalue weighted by molar-refractivity contribution is 14.0. The molecule has 0 atom stereocenters. The third-order valence-electron chi connectivity index (χ3n) is 4.17. The van der Waals surface area contributed by atoms with Crippen molar-refractivity contribution in [1.29, 1.82) is 0 Å². The molecule has 0 spiro atoms. The summed E-state index contributed by atoms with van der Waals surface area (Å²) < 4.78 is 0. The molecule has 0 saturated carbocycles. The molecule has 0 aliphatic carbocycles. The SMILES string of the molecule is CCc1cnc(CCNC(=NC)NCCc2c[nH]c3ccccc23)s1.I. The zero-order chi connectivity index (χ0) is 17.5. The van der Waals surface area contributed by atoms with E-state index in [1.807, 2.05) is 6.20 Å². The highest BCUT2D eigenvalue weighted by Gasteiger charge is 2.04. The lowest BCUT2D eigenvalue weighted by Gasteiger charge is -2.11. The van der Waals surface area contributed by atoms with E-state index in [0.717, 1.165) is 38.3 Å². The zero-order valence-electron chi connectivity index (χ0n) is 15.2. The molecule has 140 valence electrons. The molecule has 0 aliphatic heterocycles. The normalized spacial score (nSPS) is 11.4. The largest absolute Gasteiger partial charge is 0.361 e. The van der Waals surface area contributed by atoms with Crippen molar-refractivity contribution < 1.29 is 0 Å². The van der Waals surface area contributed by atoms with Gasteiger partial charge in [0.2, 0.25) is 0 Å². The molecule has 2 heterocycles. The van der Waals surface area contributed by atoms with Gasteiger partial charge in [-0.3, -0.25) is 4.99 Å². The highest BCUT2D eigenvalue weighted by atomic mass is 127. The maximum atomic E-state index is 4.45. The first kappa shape index (κ1) is 20.7. The first-order valence-electron chi connectivity index (χ1n) is 8.73. The van der Waals surface area contributed by atoms with Gasteiger partial charge >= 0.3 is 0 Å². The number of hydrogen-bond acceptors (Lipinski definition) is 3. The quantitative estimate of drug-likeness (QED) is 0.273. The second-order valence-corrected chi connectivity index (χ2v) is 7.06. The molecular weight excluding hydrogens is 457 g/mol. The minimum absolute atomic E-state index is 0. The van der Waals surface area contributed by atoms with Gasteiger partial charge in [-0.1, -0.05) is 25.1 Å². The topological polar surface area (TPSA) is 65.1 Å². The van der Waals surface area contributed by atoms with E-state index < -0.39 is 0 Å². The van der Waals surface area contributed by atoms with E-state index in [1.54, 1.807) is 18.4 Å². The van der Waals surface area contributed by atoms with E-state index >= 15 is 0 Å². The van der Waals surface area contributed by atoms with Crippen molar-refractivity contribution >= 4 is 52.2 Å². The van der Waals surface area contributed by atoms with Gasteiger partial charge in [0.05, 0.1) is 5.01 Å². The molecule has 0 aliphatic rings. The second kappa shape index (κ2) is 10.5. The fraction of sp³-hybridized carbons (Fsp3) is 0.368. The third-order valence-corrected chi connectivity index (χ3v) is 5.37. The summed E-state index contributed by atoms with van der Waals surface area (Å²) in [5, 5.41) is 9.22. The molecule has 0 bridgehead atoms. The Hall–Kier alpha value is -1.61. The van der Waals surface area contributed by atoms with Gasteiger partial charge in [0.15, 0.2) is 5.96 Å². The minimum Gasteiger partial charge on any atom is -0.361 e. The van der Waals surface area contributed by atoms with E-state index in [0.29, 0.717) is 0 Å². The van der Waals surface area contributed by atoms with Crippen molar-refractivity contribution in [2.24, 2.45) is 4.99 Å². The van der Waals surface area contributed by atoms with E-state index in [9.17, 15) is 0 Å². The number of benzene rings is 1. The van der Waals surface area contributed by atoms with Crippen LogP contribution in [0.2, 0.25) is 0 Å². The van der Waals surface area contributed by atoms with Gasteiger partial charge in [-0.05, 0) is 24.5 Å². The average Bonchev–Trinajstić information content (AvgIpc) is 3.27. The Morgan fingerprint density at radius 3 is 2.69 bits per heavy atom. The van der Waals surface area contributed by atoms with Crippen molar-refractivity contribution in [1.82, 2.24) is 20.6 Å². The lowest BCUT2D eigenvalue weighted by atomic mass is 10.1. The molecule has 0 fully saturated rings. The van der Waals surface area contributed by atoms with Crippen molar-refractivity contribution in [2.75, 3.05) is 20.1 Å². The number of H-pyrrole nitrogens is 1. The van der Waals surface area contributed by atoms with Crippen LogP contribution in [0.25, 0.3) is 10.9 Å². The number of aromatic amines is 1. The van der Waals surface area contributed by atoms with E-state index in [-0.39, 0.29) is 24.0 Å². The summed E-state index contributed by atoms with van der Waals surface area (Å²) in [6, 6.07) is 8.40. The Bertz CT molecular complexity index is 839. The molecular formula is C19H26IN5S. The van der Waals surface area contributed by atoms with Crippen LogP contribution in [0.4, 0.5) is 0 Å². The molecule has 5 nitrogen and oxygen atoms in total. The highest BCUT2D eigenvalue weighted by Crippen LogP contribution is 2.17. The van der Waals surface area contributed by atoms with Crippen LogP contribution in [0.1, 0.15) is 22.4 Å². The maximum absolute atomic E-state index is 4.45. The van der Waals surface area contributed by atoms with Gasteiger partial charge < -0.3 is 15.6 Å². The van der Waals surface area contributed by atoms with E-state index in [4.69, 9.17) is 0 Å². The summed E-state index contributed by atoms with van der Waals surface area (Å²) in [5.74, 6) is 0.840. The Morgan fingerprint density at radius 2 is 1.96 bits per heavy atom. The number of aromatic nitrogens is 2. The second-order valence-electron chi connectivity index (χ2n) is 5.86. The number of halogens is 1. The van der Waals surface area contributed by atoms with Crippen molar-refractivity contribution in [3.05, 3.63) is 52.1 Å². The summed E-state index contributed by atoms with van der Waals surface area (Å²) in [6.07, 6.45) is 7.01. The molecule has 3 aromatic rings. The number of guanidine groups is 1. The fourth-order valence-electron chi connectivity index (χ4n) is 2.79. The molecule has 3 N–H and O–H groups in total. The Kier molecular flexibility index (Phi) is 8.37. The van der Waals surface area contributed by atoms with Crippen LogP contribution in [0.15, 0.2) is 41.7 Å². The van der Waals surface area contributed by atoms with Crippen LogP contribution in [-0.4, -0.2) is 36.1 Å². The maximum Gasteiger partial charge on any atom is 0.191 e. The van der Waals surface area contributed by atoms with Gasteiger partial charge in [-0.15, -0.1) is 35.3 Å². The first-order valence-corrected chi connectivity index (χ1v) is 9.55. The Labute approximate surface area is 175 Å². The van der Waals surface area contributed by atoms with Crippen molar-refractivity contribution in [2.45, 2.75) is 26.2 Å². The number of rotatable bonds is 7. The molecule has 1 aromatic carbocycles. The predicted octanol–water partition coefficient (Wildman–Crippen LogP) is 3.76. The van der Waals surface area contributed by atoms with Crippen LogP contribution in [0, 0.1) is 0 Å². The van der Waals surface area contributed by atoms with Crippen molar-refractivity contribution in [3.8, 4) is 0 Å². The summed E-state index contributed by atoms with van der Waals surface area (Å²) in [6.45, 7) is 3.84. The van der Waals surface area contributed by atoms with E-state index in [2.05, 4.69) is 63.0 Å². The molecule has 7 heteroatoms. The smallest absolute Gasteiger partial charge is 0.191 e. The molecule has 26 heavy (non-hydrogen) atoms. The lowest BCUT2D eigenvalue weighted by Crippen LogP contribution is -2.39. The van der Waals surface area contributed by atoms with Crippen LogP contribution in [0.3, 0.4) is 0 Å². The zero-order valence-corrected chi connectivity index (χ0v) is 18.4. The van der Waals surface area contributed by atoms with Gasteiger partial charge in [-0.2, -0.15) is 0 Å². The average molecular weight is 483 g/mol. The lowest BCUT2D eigenvalue weighted by molar-refractivity contribution is 0.783. The first-order chi connectivity index (χ1) is 12.3. The van der Waals surface area contributed by atoms with Gasteiger partial charge in [-0.25, -0.2) is 4.98 Å². The third kappa shape index (κ3) is 5.44. The predicted molar refractivity (Wildman–Crippen MR) is 122 cm³/mol. The monoisotopic (exact) mass is 483 g/mol. The molecule has 0 amide bonds. The Balaban J connectivity index is 0.00000243. The van der Waals surface area contributed by atoms with Crippen molar-refractivity contribution in [3.63, 3.8) is 0 Å². The minimum atomic E-state index is 0. The molecule has 3 rings (SSSR count). The summed E-state index contributed by atoms with van der Waals surface area (Å²) in [5.41, 5.74) is 2.52. The molecule has 0 saturated heterocycles. The van der Waals surface area contributed by atoms with E-state index in [1.165, 1.54) is 26.4 Å². The number of para-hydroxylation sites is 1. The van der Waals surface area contributed by atoms with Gasteiger partial charge in [0.25, 0.3) is 0 Å². The number of hydrogen-bond donors (Lipinski definition) is 3. The molecule has 0 radical (unpaired) electrons. The Morgan fingerprint density at radius 1 is 1.19 bits per heavy atom. The number of thiazole rings is 1. The standard InChI is InChI=1S/C19H25N5S.HI/c1-3-15-13-24-18(25-15)9-11-22-19(20-2)21-10-8-14-12-23-17-7-5-4-6-16(14)17;/h4-7,12-13,23H,3,8-11H2,1-2H3,(H2,20,21,22);1H. The van der Waals surface area contributed by atoms with Crippen LogP contribution in [-0.2, 0) is 19.3 Å². The van der Waals surface area contributed by atoms with Gasteiger partial charge in [0.1, 0.15) is 0 Å². The summed E-state index contributed by atoms with van der Waals surface area (Å²) in [7, 11) is 1.81. The van der Waals surface area contributed by atoms with Gasteiger partial charge in [0, 0.05) is 54.7 Å². The number of fused-ring (bicyclic) bond motifs is 1. The number of nitrogens with zero attached hydrogens (tertiary/aromatic N) is 2. The summed E-state index contributed by atoms with van der Waals surface area (Å²) in [4.78, 5) is 13.4. The number of aryl methyl sites for hydroxylation is 1. The number of aliphatic imine (C=N–C) groups is 1. The molecule has 2 aromatic heterocycles. The van der Waals surface area contributed by atoms with Crippen LogP contribution in [0.5, 0.6) is 0 Å². The fourth-order valence-corrected chi connectivity index (χ4v) is 3.65. The summed E-state index contributed by atoms with van der Waals surface area (Å²) >= 11 is 1.79. The number of nitrogens with one attached hydrogen (secondary N) is 3. The van der Waals surface area contributed by atoms with Crippen LogP contribution >= 0.6 is 35.3 Å². The molecule has 0 unspecified atom stereocenters.